The number of piperidine rings is 1. The molecule has 1 amide bonds. The Hall–Kier alpha value is -1.89. The highest BCUT2D eigenvalue weighted by atomic mass is 35.5. The van der Waals surface area contributed by atoms with Crippen molar-refractivity contribution in [2.45, 2.75) is 44.6 Å². The van der Waals surface area contributed by atoms with Crippen LogP contribution in [0.15, 0.2) is 47.4 Å². The molecule has 2 aromatic carbocycles. The summed E-state index contributed by atoms with van der Waals surface area (Å²) < 4.78 is 27.4. The average molecular weight is 435 g/mol. The molecule has 0 bridgehead atoms. The Morgan fingerprint density at radius 1 is 1.10 bits per heavy atom. The topological polar surface area (TPSA) is 66.5 Å². The molecule has 7 heteroatoms. The Morgan fingerprint density at radius 3 is 2.38 bits per heavy atom. The summed E-state index contributed by atoms with van der Waals surface area (Å²) in [5.41, 5.74) is 2.89. The Labute approximate surface area is 178 Å². The summed E-state index contributed by atoms with van der Waals surface area (Å²) in [6.07, 6.45) is 1.01. The molecule has 0 spiro atoms. The Balaban J connectivity index is 1.61. The molecule has 1 heterocycles. The number of aryl methyl sites for hydroxylation is 2. The van der Waals surface area contributed by atoms with Gasteiger partial charge in [-0.15, -0.1) is 0 Å². The van der Waals surface area contributed by atoms with E-state index in [1.807, 2.05) is 45.0 Å². The van der Waals surface area contributed by atoms with Gasteiger partial charge in [0.15, 0.2) is 0 Å². The first-order valence-electron chi connectivity index (χ1n) is 9.82. The van der Waals surface area contributed by atoms with Crippen LogP contribution in [-0.4, -0.2) is 31.7 Å². The molecule has 0 aliphatic carbocycles. The highest BCUT2D eigenvalue weighted by molar-refractivity contribution is 7.89. The molecular formula is C22H27ClN2O3S. The minimum atomic E-state index is -3.54. The van der Waals surface area contributed by atoms with Gasteiger partial charge in [0, 0.05) is 24.0 Å². The highest BCUT2D eigenvalue weighted by Crippen LogP contribution is 2.27. The molecule has 1 aliphatic heterocycles. The second kappa shape index (κ2) is 8.86. The molecule has 3 rings (SSSR count). The fraction of sp³-hybridized carbons (Fsp3) is 0.409. The number of hydrogen-bond acceptors (Lipinski definition) is 3. The molecule has 156 valence electrons. The van der Waals surface area contributed by atoms with Crippen LogP contribution in [0.5, 0.6) is 0 Å². The van der Waals surface area contributed by atoms with E-state index in [0.29, 0.717) is 35.8 Å². The largest absolute Gasteiger partial charge is 0.349 e. The van der Waals surface area contributed by atoms with E-state index in [9.17, 15) is 13.2 Å². The fourth-order valence-electron chi connectivity index (χ4n) is 3.62. The zero-order valence-corrected chi connectivity index (χ0v) is 18.6. The van der Waals surface area contributed by atoms with Crippen molar-refractivity contribution in [3.63, 3.8) is 0 Å². The maximum atomic E-state index is 12.9. The van der Waals surface area contributed by atoms with E-state index in [4.69, 9.17) is 11.6 Å². The van der Waals surface area contributed by atoms with Crippen molar-refractivity contribution in [1.29, 1.82) is 0 Å². The molecule has 1 N–H and O–H groups in total. The zero-order valence-electron chi connectivity index (χ0n) is 17.0. The van der Waals surface area contributed by atoms with E-state index >= 15 is 0 Å². The van der Waals surface area contributed by atoms with E-state index in [0.717, 1.165) is 16.7 Å². The maximum Gasteiger partial charge on any atom is 0.243 e. The molecular weight excluding hydrogens is 408 g/mol. The van der Waals surface area contributed by atoms with Crippen LogP contribution in [0, 0.1) is 19.8 Å². The van der Waals surface area contributed by atoms with Gasteiger partial charge >= 0.3 is 0 Å². The van der Waals surface area contributed by atoms with E-state index in [1.165, 1.54) is 4.31 Å². The summed E-state index contributed by atoms with van der Waals surface area (Å²) in [7, 11) is -3.54. The predicted molar refractivity (Wildman–Crippen MR) is 115 cm³/mol. The van der Waals surface area contributed by atoms with Crippen molar-refractivity contribution in [2.75, 3.05) is 13.1 Å². The van der Waals surface area contributed by atoms with Gasteiger partial charge in [0.1, 0.15) is 0 Å². The van der Waals surface area contributed by atoms with Crippen molar-refractivity contribution in [2.24, 2.45) is 5.92 Å². The molecule has 5 nitrogen and oxygen atoms in total. The van der Waals surface area contributed by atoms with Gasteiger partial charge in [-0.25, -0.2) is 8.42 Å². The molecule has 0 radical (unpaired) electrons. The van der Waals surface area contributed by atoms with Crippen LogP contribution in [0.2, 0.25) is 5.02 Å². The van der Waals surface area contributed by atoms with Crippen molar-refractivity contribution >= 4 is 27.5 Å². The van der Waals surface area contributed by atoms with Crippen molar-refractivity contribution in [1.82, 2.24) is 9.62 Å². The summed E-state index contributed by atoms with van der Waals surface area (Å²) >= 11 is 6.21. The quantitative estimate of drug-likeness (QED) is 0.765. The highest BCUT2D eigenvalue weighted by Gasteiger charge is 2.32. The summed E-state index contributed by atoms with van der Waals surface area (Å²) in [6.45, 7) is 6.45. The Kier molecular flexibility index (Phi) is 6.66. The Bertz CT molecular complexity index is 999. The molecule has 0 aromatic heterocycles. The second-order valence-corrected chi connectivity index (χ2v) is 10.0. The van der Waals surface area contributed by atoms with Crippen LogP contribution < -0.4 is 5.32 Å². The van der Waals surface area contributed by atoms with E-state index in [2.05, 4.69) is 5.32 Å². The smallest absolute Gasteiger partial charge is 0.243 e. The number of nitrogens with one attached hydrogen (secondary N) is 1. The van der Waals surface area contributed by atoms with Gasteiger partial charge in [0.25, 0.3) is 0 Å². The van der Waals surface area contributed by atoms with E-state index in [1.54, 1.807) is 18.2 Å². The third-order valence-corrected chi connectivity index (χ3v) is 7.91. The van der Waals surface area contributed by atoms with E-state index < -0.39 is 10.0 Å². The van der Waals surface area contributed by atoms with Gasteiger partial charge in [0.05, 0.1) is 10.9 Å². The monoisotopic (exact) mass is 434 g/mol. The Morgan fingerprint density at radius 2 is 1.76 bits per heavy atom. The van der Waals surface area contributed by atoms with Gasteiger partial charge in [-0.05, 0) is 68.5 Å². The molecule has 29 heavy (non-hydrogen) atoms. The maximum absolute atomic E-state index is 12.9. The standard InChI is InChI=1S/C22H27ClN2O3S/c1-15-8-9-19(14-16(15)2)29(27,28)25-12-10-18(11-13-25)22(26)24-17(3)20-6-4-5-7-21(20)23/h4-9,14,17-18H,10-13H2,1-3H3,(H,24,26). The first-order chi connectivity index (χ1) is 13.7. The number of carbonyl (C=O) groups is 1. The van der Waals surface area contributed by atoms with Crippen LogP contribution in [0.4, 0.5) is 0 Å². The lowest BCUT2D eigenvalue weighted by atomic mass is 9.96. The summed E-state index contributed by atoms with van der Waals surface area (Å²) in [6, 6.07) is 12.4. The van der Waals surface area contributed by atoms with Gasteiger partial charge in [0.2, 0.25) is 15.9 Å². The SMILES string of the molecule is Cc1ccc(S(=O)(=O)N2CCC(C(=O)NC(C)c3ccccc3Cl)CC2)cc1C. The minimum absolute atomic E-state index is 0.0550. The van der Waals surface area contributed by atoms with Crippen molar-refractivity contribution in [3.05, 3.63) is 64.2 Å². The number of rotatable bonds is 5. The predicted octanol–water partition coefficient (Wildman–Crippen LogP) is 4.23. The molecule has 1 saturated heterocycles. The number of benzene rings is 2. The normalized spacial score (nSPS) is 17.1. The molecule has 0 saturated carbocycles. The van der Waals surface area contributed by atoms with Gasteiger partial charge in [-0.2, -0.15) is 4.31 Å². The lowest BCUT2D eigenvalue weighted by molar-refractivity contribution is -0.126. The summed E-state index contributed by atoms with van der Waals surface area (Å²) in [5.74, 6) is -0.258. The molecule has 1 unspecified atom stereocenters. The number of sulfonamides is 1. The van der Waals surface area contributed by atoms with Crippen molar-refractivity contribution < 1.29 is 13.2 Å². The third kappa shape index (κ3) is 4.82. The van der Waals surface area contributed by atoms with Crippen LogP contribution in [0.3, 0.4) is 0 Å². The molecule has 2 aromatic rings. The third-order valence-electron chi connectivity index (χ3n) is 5.67. The van der Waals surface area contributed by atoms with Gasteiger partial charge < -0.3 is 5.32 Å². The minimum Gasteiger partial charge on any atom is -0.349 e. The molecule has 1 fully saturated rings. The van der Waals surface area contributed by atoms with Crippen molar-refractivity contribution in [3.8, 4) is 0 Å². The lowest BCUT2D eigenvalue weighted by Crippen LogP contribution is -2.43. The van der Waals surface area contributed by atoms with Gasteiger partial charge in [-0.3, -0.25) is 4.79 Å². The second-order valence-electron chi connectivity index (χ2n) is 7.68. The van der Waals surface area contributed by atoms with Gasteiger partial charge in [-0.1, -0.05) is 35.9 Å². The summed E-state index contributed by atoms with van der Waals surface area (Å²) in [4.78, 5) is 13.0. The average Bonchev–Trinajstić information content (AvgIpc) is 2.70. The number of nitrogens with zero attached hydrogens (tertiary/aromatic N) is 1. The number of halogens is 1. The first kappa shape index (κ1) is 21.8. The number of carbonyl (C=O) groups excluding carboxylic acids is 1. The lowest BCUT2D eigenvalue weighted by Gasteiger charge is -2.31. The van der Waals surface area contributed by atoms with Crippen LogP contribution in [0.1, 0.15) is 42.5 Å². The fourth-order valence-corrected chi connectivity index (χ4v) is 5.47. The molecule has 1 aliphatic rings. The van der Waals surface area contributed by atoms with E-state index in [-0.39, 0.29) is 17.9 Å². The molecule has 1 atom stereocenters. The van der Waals surface area contributed by atoms with Crippen LogP contribution in [-0.2, 0) is 14.8 Å². The van der Waals surface area contributed by atoms with Crippen LogP contribution in [0.25, 0.3) is 0 Å². The number of amides is 1. The zero-order chi connectivity index (χ0) is 21.2. The summed E-state index contributed by atoms with van der Waals surface area (Å²) in [5, 5.41) is 3.63. The first-order valence-corrected chi connectivity index (χ1v) is 11.6. The number of hydrogen-bond donors (Lipinski definition) is 1. The van der Waals surface area contributed by atoms with Crippen LogP contribution >= 0.6 is 11.6 Å².